The third-order valence-electron chi connectivity index (χ3n) is 4.75. The van der Waals surface area contributed by atoms with Gasteiger partial charge in [0.2, 0.25) is 0 Å². The van der Waals surface area contributed by atoms with Crippen molar-refractivity contribution >= 4 is 23.1 Å². The van der Waals surface area contributed by atoms with Gasteiger partial charge in [0.25, 0.3) is 0 Å². The number of hydrogen-bond acceptors (Lipinski definition) is 5. The number of hydrogen-bond donors (Lipinski definition) is 1. The predicted octanol–water partition coefficient (Wildman–Crippen LogP) is 3.21. The number of anilines is 2. The van der Waals surface area contributed by atoms with Gasteiger partial charge in [-0.3, -0.25) is 4.90 Å². The highest BCUT2D eigenvalue weighted by atomic mass is 32.2. The summed E-state index contributed by atoms with van der Waals surface area (Å²) in [4.78, 5) is 7.60. The van der Waals surface area contributed by atoms with Gasteiger partial charge in [0, 0.05) is 49.1 Å². The predicted molar refractivity (Wildman–Crippen MR) is 104 cm³/mol. The van der Waals surface area contributed by atoms with Crippen LogP contribution in [0.4, 0.5) is 11.4 Å². The Bertz CT molecular complexity index is 657. The first-order valence-corrected chi connectivity index (χ1v) is 9.88. The summed E-state index contributed by atoms with van der Waals surface area (Å²) in [6.07, 6.45) is 0. The van der Waals surface area contributed by atoms with Gasteiger partial charge >= 0.3 is 0 Å². The van der Waals surface area contributed by atoms with Crippen molar-refractivity contribution in [2.75, 3.05) is 57.4 Å². The van der Waals surface area contributed by atoms with Crippen LogP contribution in [0.5, 0.6) is 0 Å². The van der Waals surface area contributed by atoms with Crippen molar-refractivity contribution in [2.45, 2.75) is 9.79 Å². The van der Waals surface area contributed by atoms with E-state index < -0.39 is 0 Å². The molecule has 0 bridgehead atoms. The van der Waals surface area contributed by atoms with E-state index >= 15 is 0 Å². The number of rotatable bonds is 6. The molecule has 0 radical (unpaired) electrons. The lowest BCUT2D eigenvalue weighted by molar-refractivity contribution is 0.0385. The summed E-state index contributed by atoms with van der Waals surface area (Å²) in [5, 5.41) is 3.61. The summed E-state index contributed by atoms with van der Waals surface area (Å²) in [6, 6.07) is 17.4. The molecule has 0 saturated carbocycles. The van der Waals surface area contributed by atoms with E-state index in [1.807, 2.05) is 11.8 Å². The van der Waals surface area contributed by atoms with Crippen molar-refractivity contribution in [3.8, 4) is 0 Å². The molecule has 2 heterocycles. The van der Waals surface area contributed by atoms with E-state index in [1.165, 1.54) is 21.2 Å². The molecule has 25 heavy (non-hydrogen) atoms. The maximum Gasteiger partial charge on any atom is 0.0594 e. The number of nitrogens with one attached hydrogen (secondary N) is 1. The lowest BCUT2D eigenvalue weighted by atomic mass is 10.2. The number of benzene rings is 2. The molecule has 0 spiro atoms. The van der Waals surface area contributed by atoms with E-state index in [0.717, 1.165) is 52.5 Å². The molecule has 132 valence electrons. The lowest BCUT2D eigenvalue weighted by Gasteiger charge is -2.33. The molecular formula is C20H25N3OS. The zero-order valence-corrected chi connectivity index (χ0v) is 15.3. The maximum atomic E-state index is 5.40. The topological polar surface area (TPSA) is 27.7 Å². The van der Waals surface area contributed by atoms with Crippen molar-refractivity contribution < 1.29 is 4.74 Å². The van der Waals surface area contributed by atoms with Crippen molar-refractivity contribution in [3.05, 3.63) is 48.5 Å². The molecule has 2 aliphatic rings. The van der Waals surface area contributed by atoms with Crippen molar-refractivity contribution in [2.24, 2.45) is 0 Å². The van der Waals surface area contributed by atoms with Crippen molar-refractivity contribution in [1.29, 1.82) is 0 Å². The highest BCUT2D eigenvalue weighted by Crippen LogP contribution is 2.47. The van der Waals surface area contributed by atoms with Crippen molar-refractivity contribution in [3.63, 3.8) is 0 Å². The Morgan fingerprint density at radius 3 is 2.12 bits per heavy atom. The lowest BCUT2D eigenvalue weighted by Crippen LogP contribution is -2.41. The number of para-hydroxylation sites is 2. The number of morpholine rings is 1. The van der Waals surface area contributed by atoms with Gasteiger partial charge in [-0.05, 0) is 24.3 Å². The standard InChI is InChI=1S/C20H25N3OS/c1-3-7-19-17(5-1)23(18-6-2-4-8-20(18)25-19)12-10-21-9-11-22-13-15-24-16-14-22/h1-8,21H,9-16H2. The largest absolute Gasteiger partial charge is 0.379 e. The van der Waals surface area contributed by atoms with Gasteiger partial charge in [0.1, 0.15) is 0 Å². The number of nitrogens with zero attached hydrogens (tertiary/aromatic N) is 2. The fourth-order valence-corrected chi connectivity index (χ4v) is 4.50. The molecule has 0 amide bonds. The van der Waals surface area contributed by atoms with Gasteiger partial charge in [-0.2, -0.15) is 0 Å². The molecule has 1 saturated heterocycles. The second-order valence-electron chi connectivity index (χ2n) is 6.39. The van der Waals surface area contributed by atoms with Gasteiger partial charge in [-0.15, -0.1) is 0 Å². The molecule has 4 nitrogen and oxygen atoms in total. The summed E-state index contributed by atoms with van der Waals surface area (Å²) in [5.74, 6) is 0. The second-order valence-corrected chi connectivity index (χ2v) is 7.48. The van der Waals surface area contributed by atoms with Crippen LogP contribution >= 0.6 is 11.8 Å². The Labute approximate surface area is 154 Å². The Hall–Kier alpha value is -1.53. The second kappa shape index (κ2) is 8.23. The summed E-state index contributed by atoms with van der Waals surface area (Å²) in [6.45, 7) is 7.98. The molecule has 4 rings (SSSR count). The monoisotopic (exact) mass is 355 g/mol. The van der Waals surface area contributed by atoms with Crippen LogP contribution in [0, 0.1) is 0 Å². The van der Waals surface area contributed by atoms with Gasteiger partial charge in [-0.1, -0.05) is 36.0 Å². The highest BCUT2D eigenvalue weighted by molar-refractivity contribution is 7.99. The Balaban J connectivity index is 1.35. The first kappa shape index (κ1) is 16.9. The normalized spacial score (nSPS) is 17.2. The third-order valence-corrected chi connectivity index (χ3v) is 5.88. The third kappa shape index (κ3) is 4.01. The van der Waals surface area contributed by atoms with Crippen LogP contribution < -0.4 is 10.2 Å². The van der Waals surface area contributed by atoms with Crippen LogP contribution in [-0.2, 0) is 4.74 Å². The van der Waals surface area contributed by atoms with Gasteiger partial charge < -0.3 is 15.0 Å². The fourth-order valence-electron chi connectivity index (χ4n) is 3.40. The molecule has 0 atom stereocenters. The zero-order chi connectivity index (χ0) is 16.9. The van der Waals surface area contributed by atoms with Crippen LogP contribution in [0.25, 0.3) is 0 Å². The molecule has 2 aliphatic heterocycles. The minimum atomic E-state index is 0.874. The summed E-state index contributed by atoms with van der Waals surface area (Å²) >= 11 is 1.87. The van der Waals surface area contributed by atoms with Crippen LogP contribution in [0.1, 0.15) is 0 Å². The van der Waals surface area contributed by atoms with Crippen LogP contribution in [0.2, 0.25) is 0 Å². The van der Waals surface area contributed by atoms with Crippen LogP contribution in [-0.4, -0.2) is 57.4 Å². The highest BCUT2D eigenvalue weighted by Gasteiger charge is 2.22. The summed E-state index contributed by atoms with van der Waals surface area (Å²) in [5.41, 5.74) is 2.64. The average Bonchev–Trinajstić information content (AvgIpc) is 2.68. The molecular weight excluding hydrogens is 330 g/mol. The molecule has 0 aromatic heterocycles. The van der Waals surface area contributed by atoms with E-state index in [9.17, 15) is 0 Å². The molecule has 1 N–H and O–H groups in total. The molecule has 5 heteroatoms. The fraction of sp³-hybridized carbons (Fsp3) is 0.400. The Morgan fingerprint density at radius 1 is 0.840 bits per heavy atom. The van der Waals surface area contributed by atoms with Gasteiger partial charge in [0.05, 0.1) is 24.6 Å². The van der Waals surface area contributed by atoms with Crippen LogP contribution in [0.3, 0.4) is 0 Å². The van der Waals surface area contributed by atoms with E-state index in [1.54, 1.807) is 0 Å². The average molecular weight is 356 g/mol. The van der Waals surface area contributed by atoms with E-state index in [-0.39, 0.29) is 0 Å². The first-order chi connectivity index (χ1) is 12.4. The van der Waals surface area contributed by atoms with Gasteiger partial charge in [-0.25, -0.2) is 0 Å². The SMILES string of the molecule is c1ccc2c(c1)Sc1ccccc1N2CCNCCN1CCOCC1. The first-order valence-electron chi connectivity index (χ1n) is 9.06. The minimum Gasteiger partial charge on any atom is -0.379 e. The molecule has 0 unspecified atom stereocenters. The number of ether oxygens (including phenoxy) is 1. The summed E-state index contributed by atoms with van der Waals surface area (Å²) < 4.78 is 5.40. The van der Waals surface area contributed by atoms with Crippen molar-refractivity contribution in [1.82, 2.24) is 10.2 Å². The number of fused-ring (bicyclic) bond motifs is 2. The van der Waals surface area contributed by atoms with E-state index in [2.05, 4.69) is 63.6 Å². The molecule has 1 fully saturated rings. The quantitative estimate of drug-likeness (QED) is 0.803. The molecule has 0 aliphatic carbocycles. The van der Waals surface area contributed by atoms with Crippen LogP contribution in [0.15, 0.2) is 58.3 Å². The van der Waals surface area contributed by atoms with Gasteiger partial charge in [0.15, 0.2) is 0 Å². The summed E-state index contributed by atoms with van der Waals surface area (Å²) in [7, 11) is 0. The zero-order valence-electron chi connectivity index (χ0n) is 14.5. The van der Waals surface area contributed by atoms with E-state index in [0.29, 0.717) is 0 Å². The smallest absolute Gasteiger partial charge is 0.0594 e. The Morgan fingerprint density at radius 2 is 1.44 bits per heavy atom. The molecule has 2 aromatic carbocycles. The maximum absolute atomic E-state index is 5.40. The molecule has 2 aromatic rings. The Kier molecular flexibility index (Phi) is 5.57. The minimum absolute atomic E-state index is 0.874. The van der Waals surface area contributed by atoms with E-state index in [4.69, 9.17) is 4.74 Å².